The zero-order valence-corrected chi connectivity index (χ0v) is 13.7. The molecule has 0 bridgehead atoms. The Bertz CT molecular complexity index is 789. The Morgan fingerprint density at radius 1 is 1.20 bits per heavy atom. The summed E-state index contributed by atoms with van der Waals surface area (Å²) in [6.45, 7) is 1.61. The molecule has 2 aromatic carbocycles. The fourth-order valence-electron chi connectivity index (χ4n) is 2.48. The number of esters is 1. The predicted molar refractivity (Wildman–Crippen MR) is 90.9 cm³/mol. The first-order valence-electron chi connectivity index (χ1n) is 7.72. The SMILES string of the molecule is CC[C@H](C(=O)OCc1ccc(C(N)=O)cc1[N+](=O)[O-])c1ccccc1. The number of nitro benzene ring substituents is 1. The van der Waals surface area contributed by atoms with Crippen LogP contribution in [0.15, 0.2) is 48.5 Å². The molecule has 7 heteroatoms. The molecular formula is C18H18N2O5. The number of benzene rings is 2. The Morgan fingerprint density at radius 2 is 1.88 bits per heavy atom. The van der Waals surface area contributed by atoms with Crippen molar-refractivity contribution in [1.82, 2.24) is 0 Å². The van der Waals surface area contributed by atoms with Crippen LogP contribution in [-0.2, 0) is 16.1 Å². The van der Waals surface area contributed by atoms with Gasteiger partial charge >= 0.3 is 5.97 Å². The van der Waals surface area contributed by atoms with Crippen LogP contribution in [0.1, 0.15) is 40.7 Å². The van der Waals surface area contributed by atoms with Gasteiger partial charge in [0.2, 0.25) is 5.91 Å². The average molecular weight is 342 g/mol. The first-order chi connectivity index (χ1) is 11.9. The molecule has 0 radical (unpaired) electrons. The maximum Gasteiger partial charge on any atom is 0.313 e. The van der Waals surface area contributed by atoms with E-state index in [0.29, 0.717) is 6.42 Å². The van der Waals surface area contributed by atoms with Crippen molar-refractivity contribution in [3.63, 3.8) is 0 Å². The van der Waals surface area contributed by atoms with Gasteiger partial charge in [-0.05, 0) is 24.1 Å². The third-order valence-corrected chi connectivity index (χ3v) is 3.83. The fraction of sp³-hybridized carbons (Fsp3) is 0.222. The van der Waals surface area contributed by atoms with Crippen molar-refractivity contribution in [3.8, 4) is 0 Å². The molecule has 0 saturated carbocycles. The van der Waals surface area contributed by atoms with E-state index in [0.717, 1.165) is 11.6 Å². The molecule has 130 valence electrons. The third kappa shape index (κ3) is 4.41. The van der Waals surface area contributed by atoms with E-state index in [9.17, 15) is 19.7 Å². The van der Waals surface area contributed by atoms with Gasteiger partial charge in [0.25, 0.3) is 5.69 Å². The third-order valence-electron chi connectivity index (χ3n) is 3.83. The van der Waals surface area contributed by atoms with Gasteiger partial charge in [-0.15, -0.1) is 0 Å². The van der Waals surface area contributed by atoms with E-state index >= 15 is 0 Å². The molecule has 0 aliphatic heterocycles. The van der Waals surface area contributed by atoms with E-state index in [4.69, 9.17) is 10.5 Å². The highest BCUT2D eigenvalue weighted by Gasteiger charge is 2.22. The maximum atomic E-state index is 12.3. The van der Waals surface area contributed by atoms with Crippen LogP contribution in [0, 0.1) is 10.1 Å². The molecule has 25 heavy (non-hydrogen) atoms. The van der Waals surface area contributed by atoms with Crippen molar-refractivity contribution >= 4 is 17.6 Å². The molecule has 0 unspecified atom stereocenters. The number of ether oxygens (including phenoxy) is 1. The normalized spacial score (nSPS) is 11.6. The van der Waals surface area contributed by atoms with Crippen LogP contribution < -0.4 is 5.73 Å². The summed E-state index contributed by atoms with van der Waals surface area (Å²) in [5.74, 6) is -1.66. The number of rotatable bonds is 7. The molecule has 7 nitrogen and oxygen atoms in total. The van der Waals surface area contributed by atoms with Crippen LogP contribution in [0.5, 0.6) is 0 Å². The summed E-state index contributed by atoms with van der Waals surface area (Å²) < 4.78 is 5.27. The number of amides is 1. The van der Waals surface area contributed by atoms with Gasteiger partial charge in [-0.1, -0.05) is 37.3 Å². The first-order valence-corrected chi connectivity index (χ1v) is 7.72. The van der Waals surface area contributed by atoms with Crippen LogP contribution in [-0.4, -0.2) is 16.8 Å². The molecule has 2 rings (SSSR count). The molecule has 0 aliphatic carbocycles. The van der Waals surface area contributed by atoms with Crippen molar-refractivity contribution < 1.29 is 19.2 Å². The summed E-state index contributed by atoms with van der Waals surface area (Å²) in [7, 11) is 0. The van der Waals surface area contributed by atoms with E-state index in [1.165, 1.54) is 12.1 Å². The lowest BCUT2D eigenvalue weighted by Gasteiger charge is -2.14. The van der Waals surface area contributed by atoms with Gasteiger partial charge in [0.15, 0.2) is 0 Å². The lowest BCUT2D eigenvalue weighted by Crippen LogP contribution is -2.16. The molecule has 2 aromatic rings. The van der Waals surface area contributed by atoms with Gasteiger partial charge < -0.3 is 10.5 Å². The van der Waals surface area contributed by atoms with Crippen molar-refractivity contribution in [1.29, 1.82) is 0 Å². The molecule has 2 N–H and O–H groups in total. The van der Waals surface area contributed by atoms with Gasteiger partial charge in [-0.25, -0.2) is 0 Å². The quantitative estimate of drug-likeness (QED) is 0.472. The lowest BCUT2D eigenvalue weighted by atomic mass is 9.97. The molecule has 1 atom stereocenters. The second-order valence-electron chi connectivity index (χ2n) is 5.44. The zero-order chi connectivity index (χ0) is 18.4. The van der Waals surface area contributed by atoms with Gasteiger partial charge in [-0.3, -0.25) is 19.7 Å². The number of nitro groups is 1. The van der Waals surface area contributed by atoms with Crippen LogP contribution in [0.3, 0.4) is 0 Å². The average Bonchev–Trinajstić information content (AvgIpc) is 2.61. The van der Waals surface area contributed by atoms with E-state index in [2.05, 4.69) is 0 Å². The summed E-state index contributed by atoms with van der Waals surface area (Å²) in [6.07, 6.45) is 0.547. The minimum Gasteiger partial charge on any atom is -0.460 e. The van der Waals surface area contributed by atoms with Crippen molar-refractivity contribution in [2.75, 3.05) is 0 Å². The Kier molecular flexibility index (Phi) is 5.84. The van der Waals surface area contributed by atoms with E-state index in [1.807, 2.05) is 37.3 Å². The number of carbonyl (C=O) groups is 2. The van der Waals surface area contributed by atoms with E-state index in [1.54, 1.807) is 0 Å². The van der Waals surface area contributed by atoms with Crippen molar-refractivity contribution in [3.05, 3.63) is 75.3 Å². The highest BCUT2D eigenvalue weighted by atomic mass is 16.6. The van der Waals surface area contributed by atoms with Crippen molar-refractivity contribution in [2.24, 2.45) is 5.73 Å². The number of nitrogens with two attached hydrogens (primary N) is 1. The molecule has 0 spiro atoms. The standard InChI is InChI=1S/C18H18N2O5/c1-2-15(12-6-4-3-5-7-12)18(22)25-11-14-9-8-13(17(19)21)10-16(14)20(23)24/h3-10,15H,2,11H2,1H3,(H2,19,21)/t15-/m0/s1. The largest absolute Gasteiger partial charge is 0.460 e. The summed E-state index contributed by atoms with van der Waals surface area (Å²) in [4.78, 5) is 34.0. The molecule has 0 saturated heterocycles. The summed E-state index contributed by atoms with van der Waals surface area (Å²) in [5, 5.41) is 11.2. The zero-order valence-electron chi connectivity index (χ0n) is 13.7. The summed E-state index contributed by atoms with van der Waals surface area (Å²) in [5.41, 5.74) is 5.87. The smallest absolute Gasteiger partial charge is 0.313 e. The summed E-state index contributed by atoms with van der Waals surface area (Å²) >= 11 is 0. The fourth-order valence-corrected chi connectivity index (χ4v) is 2.48. The van der Waals surface area contributed by atoms with Gasteiger partial charge in [-0.2, -0.15) is 0 Å². The Hall–Kier alpha value is -3.22. The molecule has 0 aromatic heterocycles. The lowest BCUT2D eigenvalue weighted by molar-refractivity contribution is -0.385. The molecule has 0 aliphatic rings. The molecule has 0 heterocycles. The molecule has 0 fully saturated rings. The Balaban J connectivity index is 2.16. The predicted octanol–water partition coefficient (Wildman–Crippen LogP) is 2.93. The maximum absolute atomic E-state index is 12.3. The summed E-state index contributed by atoms with van der Waals surface area (Å²) in [6, 6.07) is 13.0. The van der Waals surface area contributed by atoms with Gasteiger partial charge in [0.05, 0.1) is 16.4 Å². The number of hydrogen-bond acceptors (Lipinski definition) is 5. The van der Waals surface area contributed by atoms with Crippen LogP contribution >= 0.6 is 0 Å². The second-order valence-corrected chi connectivity index (χ2v) is 5.44. The second kappa shape index (κ2) is 8.05. The van der Waals surface area contributed by atoms with Crippen LogP contribution in [0.25, 0.3) is 0 Å². The minimum atomic E-state index is -0.762. The van der Waals surface area contributed by atoms with Gasteiger partial charge in [0.1, 0.15) is 6.61 Å². The monoisotopic (exact) mass is 342 g/mol. The number of nitrogens with zero attached hydrogens (tertiary/aromatic N) is 1. The van der Waals surface area contributed by atoms with E-state index < -0.39 is 22.7 Å². The topological polar surface area (TPSA) is 113 Å². The number of hydrogen-bond donors (Lipinski definition) is 1. The minimum absolute atomic E-state index is 0.0255. The van der Waals surface area contributed by atoms with Crippen LogP contribution in [0.4, 0.5) is 5.69 Å². The van der Waals surface area contributed by atoms with Crippen molar-refractivity contribution in [2.45, 2.75) is 25.9 Å². The van der Waals surface area contributed by atoms with E-state index in [-0.39, 0.29) is 23.4 Å². The molecule has 1 amide bonds. The Morgan fingerprint density at radius 3 is 2.44 bits per heavy atom. The number of carbonyl (C=O) groups excluding carboxylic acids is 2. The first kappa shape index (κ1) is 18.1. The number of primary amides is 1. The highest BCUT2D eigenvalue weighted by Crippen LogP contribution is 2.24. The van der Waals surface area contributed by atoms with Crippen LogP contribution in [0.2, 0.25) is 0 Å². The highest BCUT2D eigenvalue weighted by molar-refractivity contribution is 5.93. The van der Waals surface area contributed by atoms with Gasteiger partial charge in [0, 0.05) is 11.6 Å². The molecular weight excluding hydrogens is 324 g/mol. The Labute approximate surface area is 144 Å².